The second kappa shape index (κ2) is 7.43. The number of halogens is 1. The van der Waals surface area contributed by atoms with Crippen molar-refractivity contribution in [1.82, 2.24) is 19.9 Å². The molecule has 1 aliphatic heterocycles. The van der Waals surface area contributed by atoms with E-state index >= 15 is 0 Å². The number of hydrogen-bond donors (Lipinski definition) is 0. The molecule has 4 rings (SSSR count). The zero-order valence-electron chi connectivity index (χ0n) is 14.6. The van der Waals surface area contributed by atoms with Crippen molar-refractivity contribution in [2.24, 2.45) is 0 Å². The number of aryl methyl sites for hydroxylation is 1. The maximum Gasteiger partial charge on any atom is 0.226 e. The Labute approximate surface area is 157 Å². The normalized spacial score (nSPS) is 15.4. The van der Waals surface area contributed by atoms with Crippen LogP contribution in [0.4, 0.5) is 5.82 Å². The van der Waals surface area contributed by atoms with E-state index in [-0.39, 0.29) is 0 Å². The Balaban J connectivity index is 1.41. The lowest BCUT2D eigenvalue weighted by molar-refractivity contribution is 0.245. The van der Waals surface area contributed by atoms with Crippen molar-refractivity contribution < 1.29 is 4.42 Å². The molecule has 2 aromatic heterocycles. The molecular weight excluding hydrogens is 350 g/mol. The van der Waals surface area contributed by atoms with Gasteiger partial charge in [-0.25, -0.2) is 9.97 Å². The molecule has 7 heteroatoms. The fraction of sp³-hybridized carbons (Fsp3) is 0.316. The number of nitrogens with zero attached hydrogens (tertiary/aromatic N) is 5. The smallest absolute Gasteiger partial charge is 0.226 e. The average Bonchev–Trinajstić information content (AvgIpc) is 3.04. The van der Waals surface area contributed by atoms with Crippen LogP contribution in [0.3, 0.4) is 0 Å². The fourth-order valence-electron chi connectivity index (χ4n) is 3.12. The van der Waals surface area contributed by atoms with Crippen LogP contribution in [0.5, 0.6) is 0 Å². The summed E-state index contributed by atoms with van der Waals surface area (Å²) in [6.07, 6.45) is 5.25. The lowest BCUT2D eigenvalue weighted by Gasteiger charge is -2.34. The van der Waals surface area contributed by atoms with Crippen LogP contribution in [0.15, 0.2) is 47.3 Å². The number of anilines is 1. The minimum Gasteiger partial charge on any atom is -0.441 e. The number of aromatic nitrogens is 3. The molecule has 1 fully saturated rings. The van der Waals surface area contributed by atoms with Gasteiger partial charge in [-0.05, 0) is 25.1 Å². The Bertz CT molecular complexity index is 875. The summed E-state index contributed by atoms with van der Waals surface area (Å²) in [6.45, 7) is 6.51. The molecule has 134 valence electrons. The standard InChI is InChI=1S/C19H20ClN5O/c1-14-17(23-19(26-14)15-3-2-4-16(20)11-15)13-24-7-9-25(10-8-24)18-12-21-5-6-22-18/h2-6,11-12H,7-10,13H2,1H3. The number of oxazole rings is 1. The van der Waals surface area contributed by atoms with Crippen LogP contribution in [0.25, 0.3) is 11.5 Å². The average molecular weight is 370 g/mol. The van der Waals surface area contributed by atoms with E-state index in [1.807, 2.05) is 37.4 Å². The van der Waals surface area contributed by atoms with E-state index in [0.717, 1.165) is 55.6 Å². The maximum absolute atomic E-state index is 6.07. The fourth-order valence-corrected chi connectivity index (χ4v) is 3.31. The monoisotopic (exact) mass is 369 g/mol. The predicted molar refractivity (Wildman–Crippen MR) is 101 cm³/mol. The largest absolute Gasteiger partial charge is 0.441 e. The van der Waals surface area contributed by atoms with E-state index in [0.29, 0.717) is 10.9 Å². The molecule has 1 saturated heterocycles. The van der Waals surface area contributed by atoms with Gasteiger partial charge in [-0.15, -0.1) is 0 Å². The molecule has 0 unspecified atom stereocenters. The zero-order chi connectivity index (χ0) is 17.9. The molecule has 1 aliphatic rings. The van der Waals surface area contributed by atoms with Crippen LogP contribution in [0, 0.1) is 6.92 Å². The molecule has 0 atom stereocenters. The highest BCUT2D eigenvalue weighted by molar-refractivity contribution is 6.30. The molecule has 0 saturated carbocycles. The first-order valence-electron chi connectivity index (χ1n) is 8.64. The summed E-state index contributed by atoms with van der Waals surface area (Å²) < 4.78 is 5.86. The van der Waals surface area contributed by atoms with Crippen molar-refractivity contribution in [3.05, 3.63) is 59.3 Å². The van der Waals surface area contributed by atoms with Crippen molar-refractivity contribution in [2.75, 3.05) is 31.1 Å². The van der Waals surface area contributed by atoms with E-state index in [2.05, 4.69) is 24.8 Å². The summed E-state index contributed by atoms with van der Waals surface area (Å²) in [4.78, 5) is 17.9. The lowest BCUT2D eigenvalue weighted by atomic mass is 10.2. The lowest BCUT2D eigenvalue weighted by Crippen LogP contribution is -2.46. The van der Waals surface area contributed by atoms with E-state index < -0.39 is 0 Å². The van der Waals surface area contributed by atoms with Crippen LogP contribution in [-0.2, 0) is 6.54 Å². The highest BCUT2D eigenvalue weighted by atomic mass is 35.5. The molecule has 0 N–H and O–H groups in total. The first-order valence-corrected chi connectivity index (χ1v) is 9.02. The summed E-state index contributed by atoms with van der Waals surface area (Å²) in [5.41, 5.74) is 1.88. The second-order valence-electron chi connectivity index (χ2n) is 6.36. The van der Waals surface area contributed by atoms with E-state index in [1.54, 1.807) is 12.4 Å². The zero-order valence-corrected chi connectivity index (χ0v) is 15.4. The van der Waals surface area contributed by atoms with Gasteiger partial charge < -0.3 is 9.32 Å². The van der Waals surface area contributed by atoms with Gasteiger partial charge >= 0.3 is 0 Å². The van der Waals surface area contributed by atoms with Gasteiger partial charge in [0, 0.05) is 55.7 Å². The van der Waals surface area contributed by atoms with Gasteiger partial charge in [-0.3, -0.25) is 9.88 Å². The van der Waals surface area contributed by atoms with E-state index in [1.165, 1.54) is 0 Å². The van der Waals surface area contributed by atoms with E-state index in [4.69, 9.17) is 16.0 Å². The molecule has 0 radical (unpaired) electrons. The van der Waals surface area contributed by atoms with E-state index in [9.17, 15) is 0 Å². The molecule has 0 aliphatic carbocycles. The molecule has 0 amide bonds. The first kappa shape index (κ1) is 17.0. The molecule has 3 aromatic rings. The third kappa shape index (κ3) is 3.71. The van der Waals surface area contributed by atoms with Gasteiger partial charge in [0.15, 0.2) is 0 Å². The number of benzene rings is 1. The van der Waals surface area contributed by atoms with Crippen molar-refractivity contribution in [2.45, 2.75) is 13.5 Å². The number of piperazine rings is 1. The second-order valence-corrected chi connectivity index (χ2v) is 6.80. The van der Waals surface area contributed by atoms with Crippen molar-refractivity contribution in [1.29, 1.82) is 0 Å². The number of hydrogen-bond acceptors (Lipinski definition) is 6. The summed E-state index contributed by atoms with van der Waals surface area (Å²) in [6, 6.07) is 7.58. The minimum absolute atomic E-state index is 0.623. The molecule has 3 heterocycles. The molecule has 1 aromatic carbocycles. The van der Waals surface area contributed by atoms with Crippen LogP contribution in [0.1, 0.15) is 11.5 Å². The molecule has 6 nitrogen and oxygen atoms in total. The summed E-state index contributed by atoms with van der Waals surface area (Å²) in [5, 5.41) is 0.681. The first-order chi connectivity index (χ1) is 12.7. The SMILES string of the molecule is Cc1oc(-c2cccc(Cl)c2)nc1CN1CCN(c2cnccn2)CC1. The Morgan fingerprint density at radius 3 is 2.73 bits per heavy atom. The van der Waals surface area contributed by atoms with Crippen LogP contribution in [0.2, 0.25) is 5.02 Å². The topological polar surface area (TPSA) is 58.3 Å². The van der Waals surface area contributed by atoms with Crippen molar-refractivity contribution in [3.63, 3.8) is 0 Å². The predicted octanol–water partition coefficient (Wildman–Crippen LogP) is 3.42. The molecule has 0 bridgehead atoms. The Morgan fingerprint density at radius 1 is 1.15 bits per heavy atom. The van der Waals surface area contributed by atoms with Gasteiger partial charge in [0.1, 0.15) is 11.6 Å². The molecule has 0 spiro atoms. The highest BCUT2D eigenvalue weighted by Gasteiger charge is 2.21. The summed E-state index contributed by atoms with van der Waals surface area (Å²) in [7, 11) is 0. The Morgan fingerprint density at radius 2 is 2.00 bits per heavy atom. The van der Waals surface area contributed by atoms with Gasteiger partial charge in [-0.1, -0.05) is 17.7 Å². The number of rotatable bonds is 4. The van der Waals surface area contributed by atoms with Crippen LogP contribution < -0.4 is 4.90 Å². The van der Waals surface area contributed by atoms with Gasteiger partial charge in [0.05, 0.1) is 11.9 Å². The van der Waals surface area contributed by atoms with Gasteiger partial charge in [-0.2, -0.15) is 0 Å². The van der Waals surface area contributed by atoms with Crippen LogP contribution in [-0.4, -0.2) is 46.0 Å². The Kier molecular flexibility index (Phi) is 4.86. The summed E-state index contributed by atoms with van der Waals surface area (Å²) >= 11 is 6.07. The highest BCUT2D eigenvalue weighted by Crippen LogP contribution is 2.25. The van der Waals surface area contributed by atoms with Crippen LogP contribution >= 0.6 is 11.6 Å². The van der Waals surface area contributed by atoms with Crippen molar-refractivity contribution >= 4 is 17.4 Å². The van der Waals surface area contributed by atoms with Gasteiger partial charge in [0.25, 0.3) is 0 Å². The maximum atomic E-state index is 6.07. The quantitative estimate of drug-likeness (QED) is 0.702. The molecular formula is C19H20ClN5O. The third-order valence-electron chi connectivity index (χ3n) is 4.58. The van der Waals surface area contributed by atoms with Gasteiger partial charge in [0.2, 0.25) is 5.89 Å². The van der Waals surface area contributed by atoms with Crippen molar-refractivity contribution in [3.8, 4) is 11.5 Å². The third-order valence-corrected chi connectivity index (χ3v) is 4.82. The Hall–Kier alpha value is -2.44. The summed E-state index contributed by atoms with van der Waals surface area (Å²) in [5.74, 6) is 2.42. The molecule has 26 heavy (non-hydrogen) atoms. The minimum atomic E-state index is 0.623.